The van der Waals surface area contributed by atoms with Gasteiger partial charge in [0.1, 0.15) is 10.9 Å². The van der Waals surface area contributed by atoms with Crippen LogP contribution in [0.25, 0.3) is 10.9 Å². The largest absolute Gasteiger partial charge is 0.385 e. The van der Waals surface area contributed by atoms with Crippen LogP contribution in [0.3, 0.4) is 0 Å². The van der Waals surface area contributed by atoms with Crippen LogP contribution in [-0.4, -0.2) is 17.4 Å². The summed E-state index contributed by atoms with van der Waals surface area (Å²) in [4.78, 5) is 40.4. The van der Waals surface area contributed by atoms with Crippen molar-refractivity contribution in [3.05, 3.63) is 97.4 Å². The van der Waals surface area contributed by atoms with Gasteiger partial charge in [0, 0.05) is 53.8 Å². The molecule has 0 spiro atoms. The van der Waals surface area contributed by atoms with Gasteiger partial charge in [-0.15, -0.1) is 6.07 Å². The van der Waals surface area contributed by atoms with Crippen LogP contribution in [-0.2, 0) is 47.8 Å². The first-order chi connectivity index (χ1) is 14.6. The predicted molar refractivity (Wildman–Crippen MR) is 115 cm³/mol. The van der Waals surface area contributed by atoms with Gasteiger partial charge in [0.25, 0.3) is 0 Å². The number of carbonyl (C=O) groups is 1. The summed E-state index contributed by atoms with van der Waals surface area (Å²) in [6.45, 7) is 1.73. The smallest absolute Gasteiger partial charge is 0.224 e. The molecule has 2 heterocycles. The first kappa shape index (κ1) is 21.1. The van der Waals surface area contributed by atoms with Crippen LogP contribution < -0.4 is 21.1 Å². The van der Waals surface area contributed by atoms with Crippen LogP contribution in [0.5, 0.6) is 0 Å². The third-order valence-corrected chi connectivity index (χ3v) is 5.77. The van der Waals surface area contributed by atoms with E-state index in [0.29, 0.717) is 31.7 Å². The van der Waals surface area contributed by atoms with Crippen LogP contribution in [0.4, 0.5) is 5.69 Å². The minimum Gasteiger partial charge on any atom is -0.385 e. The van der Waals surface area contributed by atoms with Crippen LogP contribution >= 0.6 is 0 Å². The van der Waals surface area contributed by atoms with Crippen molar-refractivity contribution in [3.63, 3.8) is 0 Å². The van der Waals surface area contributed by atoms with E-state index in [1.54, 1.807) is 0 Å². The molecule has 2 N–H and O–H groups in total. The van der Waals surface area contributed by atoms with E-state index in [-0.39, 0.29) is 23.0 Å². The molecule has 7 heteroatoms. The van der Waals surface area contributed by atoms with Gasteiger partial charge in [0.05, 0.1) is 6.42 Å². The molecule has 1 aliphatic heterocycles. The quantitative estimate of drug-likeness (QED) is 0.275. The molecule has 31 heavy (non-hydrogen) atoms. The Morgan fingerprint density at radius 3 is 2.77 bits per heavy atom. The Kier molecular flexibility index (Phi) is 5.81. The molecule has 3 aromatic carbocycles. The van der Waals surface area contributed by atoms with Gasteiger partial charge in [-0.2, -0.15) is 0 Å². The molecule has 0 saturated heterocycles. The number of H-pyrrole nitrogens is 1. The average molecular weight is 453 g/mol. The molecule has 0 unspecified atom stereocenters. The van der Waals surface area contributed by atoms with E-state index >= 15 is 0 Å². The fourth-order valence-corrected chi connectivity index (χ4v) is 4.11. The number of rotatable bonds is 5. The maximum atomic E-state index is 12.5. The summed E-state index contributed by atoms with van der Waals surface area (Å²) in [7, 11) is 0. The molecule has 157 valence electrons. The Morgan fingerprint density at radius 1 is 1.13 bits per heavy atom. The van der Waals surface area contributed by atoms with Gasteiger partial charge in [0.2, 0.25) is 5.91 Å². The Labute approximate surface area is 189 Å². The topological polar surface area (TPSA) is 82.3 Å². The second-order valence-electron chi connectivity index (χ2n) is 7.72. The number of anilines is 1. The zero-order chi connectivity index (χ0) is 20.7. The first-order valence-corrected chi connectivity index (χ1v) is 9.98. The number of hydrogen-bond acceptors (Lipinski definition) is 4. The van der Waals surface area contributed by atoms with Crippen molar-refractivity contribution in [2.24, 2.45) is 0 Å². The van der Waals surface area contributed by atoms with Crippen LogP contribution in [0, 0.1) is 6.07 Å². The summed E-state index contributed by atoms with van der Waals surface area (Å²) < 4.78 is 0. The maximum Gasteiger partial charge on any atom is 0.224 e. The Bertz CT molecular complexity index is 1330. The predicted octanol–water partition coefficient (Wildman–Crippen LogP) is 1.98. The molecule has 0 aliphatic carbocycles. The Morgan fingerprint density at radius 2 is 1.97 bits per heavy atom. The molecular weight excluding hydrogens is 433 g/mol. The second kappa shape index (κ2) is 8.53. The molecule has 1 aromatic heterocycles. The molecular formula is C24H20MnN3O3-. The fourth-order valence-electron chi connectivity index (χ4n) is 4.11. The minimum absolute atomic E-state index is 0. The summed E-state index contributed by atoms with van der Waals surface area (Å²) in [6, 6.07) is 16.7. The normalized spacial score (nSPS) is 13.1. The van der Waals surface area contributed by atoms with Crippen molar-refractivity contribution in [1.82, 2.24) is 10.3 Å². The van der Waals surface area contributed by atoms with Gasteiger partial charge in [-0.3, -0.25) is 4.79 Å². The van der Waals surface area contributed by atoms with Crippen LogP contribution in [0.15, 0.2) is 58.3 Å². The van der Waals surface area contributed by atoms with Crippen molar-refractivity contribution in [3.8, 4) is 0 Å². The van der Waals surface area contributed by atoms with Crippen molar-refractivity contribution in [1.29, 1.82) is 0 Å². The molecule has 0 bridgehead atoms. The van der Waals surface area contributed by atoms with Crippen molar-refractivity contribution < 1.29 is 21.9 Å². The number of benzene rings is 2. The molecule has 0 atom stereocenters. The fraction of sp³-hybridized carbons (Fsp3) is 0.208. The van der Waals surface area contributed by atoms with E-state index in [1.807, 2.05) is 41.4 Å². The number of nitrogens with one attached hydrogen (secondary N) is 2. The summed E-state index contributed by atoms with van der Waals surface area (Å²) in [5, 5.41) is 4.06. The monoisotopic (exact) mass is 453 g/mol. The van der Waals surface area contributed by atoms with Crippen molar-refractivity contribution in [2.45, 2.75) is 25.9 Å². The van der Waals surface area contributed by atoms with Gasteiger partial charge in [-0.25, -0.2) is 0 Å². The summed E-state index contributed by atoms with van der Waals surface area (Å²) in [5.74, 6) is -0.0302. The number of aromatic amines is 1. The van der Waals surface area contributed by atoms with Crippen molar-refractivity contribution in [2.75, 3.05) is 11.4 Å². The summed E-state index contributed by atoms with van der Waals surface area (Å²) in [5.41, 5.74) is 4.78. The molecule has 6 nitrogen and oxygen atoms in total. The van der Waals surface area contributed by atoms with E-state index in [0.717, 1.165) is 34.0 Å². The number of hydrogen-bond donors (Lipinski definition) is 2. The Hall–Kier alpha value is -3.15. The Balaban J connectivity index is 0.00000231. The maximum absolute atomic E-state index is 12.5. The van der Waals surface area contributed by atoms with Gasteiger partial charge < -0.3 is 24.8 Å². The SMILES string of the molecule is O=C(Cc1c[nH]c2ccccc12)NCc1ccc2c(c1)CN(c1[c-]c(=O)c1=O)CC2.[Mn]. The van der Waals surface area contributed by atoms with Crippen LogP contribution in [0.1, 0.15) is 22.3 Å². The second-order valence-corrected chi connectivity index (χ2v) is 7.72. The zero-order valence-electron chi connectivity index (χ0n) is 16.7. The van der Waals surface area contributed by atoms with Crippen LogP contribution in [0.2, 0.25) is 0 Å². The van der Waals surface area contributed by atoms with Gasteiger partial charge >= 0.3 is 0 Å². The minimum atomic E-state index is -0.539. The first-order valence-electron chi connectivity index (χ1n) is 9.98. The summed E-state index contributed by atoms with van der Waals surface area (Å²) in [6.07, 6.45) is 3.02. The number of carbonyl (C=O) groups excluding carboxylic acids is 1. The molecule has 1 radical (unpaired) electrons. The molecule has 1 aliphatic rings. The number of amides is 1. The third-order valence-electron chi connectivity index (χ3n) is 5.77. The van der Waals surface area contributed by atoms with E-state index < -0.39 is 10.9 Å². The standard InChI is InChI=1S/C24H20N3O3.Mn/c28-22-11-21(24(22)30)27-8-7-16-6-5-15(9-18(16)14-27)12-26-23(29)10-17-13-25-20-4-2-1-3-19(17)20;/h1-6,9,13,25H,7-8,10,12,14H2,(H,26,29);/q-1;. The van der Waals surface area contributed by atoms with E-state index in [2.05, 4.69) is 28.5 Å². The zero-order valence-corrected chi connectivity index (χ0v) is 17.9. The number of nitrogens with zero attached hydrogens (tertiary/aromatic N) is 1. The van der Waals surface area contributed by atoms with Crippen molar-refractivity contribution >= 4 is 22.5 Å². The number of aromatic nitrogens is 1. The van der Waals surface area contributed by atoms with E-state index in [4.69, 9.17) is 0 Å². The summed E-state index contributed by atoms with van der Waals surface area (Å²) >= 11 is 0. The number of para-hydroxylation sites is 1. The van der Waals surface area contributed by atoms with Gasteiger partial charge in [-0.05, 0) is 40.4 Å². The van der Waals surface area contributed by atoms with Gasteiger partial charge in [0.15, 0.2) is 0 Å². The average Bonchev–Trinajstić information content (AvgIpc) is 3.18. The molecule has 1 amide bonds. The molecule has 0 fully saturated rings. The molecule has 5 rings (SSSR count). The van der Waals surface area contributed by atoms with Gasteiger partial charge in [-0.1, -0.05) is 36.4 Å². The van der Waals surface area contributed by atoms with E-state index in [1.165, 1.54) is 5.56 Å². The number of fused-ring (bicyclic) bond motifs is 2. The van der Waals surface area contributed by atoms with E-state index in [9.17, 15) is 14.4 Å². The molecule has 4 aromatic rings. The molecule has 0 saturated carbocycles. The third kappa shape index (κ3) is 4.07.